The molecule has 3 aromatic heterocycles. The normalized spacial score (nSPS) is 20.3. The lowest BCUT2D eigenvalue weighted by molar-refractivity contribution is -0.129. The maximum absolute atomic E-state index is 12.2. The van der Waals surface area contributed by atoms with Gasteiger partial charge in [0, 0.05) is 43.5 Å². The lowest BCUT2D eigenvalue weighted by Gasteiger charge is -2.22. The third-order valence-electron chi connectivity index (χ3n) is 6.38. The first-order valence-corrected chi connectivity index (χ1v) is 11.6. The van der Waals surface area contributed by atoms with E-state index in [0.29, 0.717) is 16.2 Å². The second kappa shape index (κ2) is 8.26. The van der Waals surface area contributed by atoms with Crippen molar-refractivity contribution in [1.82, 2.24) is 34.8 Å². The number of fused-ring (bicyclic) bond motifs is 1. The molecule has 0 saturated heterocycles. The van der Waals surface area contributed by atoms with E-state index in [1.165, 1.54) is 0 Å². The van der Waals surface area contributed by atoms with E-state index in [1.807, 2.05) is 55.3 Å². The molecule has 1 aliphatic carbocycles. The van der Waals surface area contributed by atoms with E-state index in [4.69, 9.17) is 4.98 Å². The minimum absolute atomic E-state index is 0.0832. The maximum Gasteiger partial charge on any atom is 0.225 e. The van der Waals surface area contributed by atoms with E-state index in [-0.39, 0.29) is 17.4 Å². The second-order valence-electron chi connectivity index (χ2n) is 8.81. The van der Waals surface area contributed by atoms with Crippen LogP contribution in [0.4, 0.5) is 5.95 Å². The molecule has 2 atom stereocenters. The molecule has 4 aromatic rings. The van der Waals surface area contributed by atoms with Crippen molar-refractivity contribution in [3.8, 4) is 16.8 Å². The van der Waals surface area contributed by atoms with E-state index in [1.54, 1.807) is 17.9 Å². The first kappa shape index (κ1) is 21.6. The van der Waals surface area contributed by atoms with E-state index < -0.39 is 0 Å². The number of hydrogen-bond donors (Lipinski definition) is 2. The van der Waals surface area contributed by atoms with Gasteiger partial charge in [0.25, 0.3) is 0 Å². The minimum Gasteiger partial charge on any atom is -0.359 e. The largest absolute Gasteiger partial charge is 0.359 e. The highest BCUT2D eigenvalue weighted by atomic mass is 79.9. The number of halogens is 1. The highest BCUT2D eigenvalue weighted by Crippen LogP contribution is 2.39. The Morgan fingerprint density at radius 2 is 2.00 bits per heavy atom. The predicted molar refractivity (Wildman–Crippen MR) is 130 cm³/mol. The van der Waals surface area contributed by atoms with Crippen LogP contribution in [0.3, 0.4) is 0 Å². The van der Waals surface area contributed by atoms with Crippen molar-refractivity contribution in [2.24, 2.45) is 12.5 Å². The molecule has 9 nitrogen and oxygen atoms in total. The summed E-state index contributed by atoms with van der Waals surface area (Å²) in [5, 5.41) is 15.9. The highest BCUT2D eigenvalue weighted by molar-refractivity contribution is 9.10. The maximum atomic E-state index is 12.2. The molecular formula is C23H25BrN8O. The number of anilines is 1. The quantitative estimate of drug-likeness (QED) is 0.426. The van der Waals surface area contributed by atoms with Crippen LogP contribution in [0.5, 0.6) is 0 Å². The average Bonchev–Trinajstić information content (AvgIpc) is 3.51. The summed E-state index contributed by atoms with van der Waals surface area (Å²) < 4.78 is 4.28. The van der Waals surface area contributed by atoms with Gasteiger partial charge >= 0.3 is 0 Å². The molecule has 1 aromatic carbocycles. The predicted octanol–water partition coefficient (Wildman–Crippen LogP) is 3.70. The first-order chi connectivity index (χ1) is 15.9. The number of nitrogens with zero attached hydrogens (tertiary/aromatic N) is 6. The third kappa shape index (κ3) is 3.99. The monoisotopic (exact) mass is 508 g/mol. The number of aryl methyl sites for hydroxylation is 1. The van der Waals surface area contributed by atoms with Gasteiger partial charge in [-0.3, -0.25) is 9.48 Å². The summed E-state index contributed by atoms with van der Waals surface area (Å²) in [6.45, 7) is 2.01. The molecule has 170 valence electrons. The van der Waals surface area contributed by atoms with Gasteiger partial charge in [-0.15, -0.1) is 0 Å². The molecule has 0 aliphatic heterocycles. The zero-order valence-corrected chi connectivity index (χ0v) is 20.3. The molecule has 1 aliphatic rings. The minimum atomic E-state index is -0.364. The molecular weight excluding hydrogens is 484 g/mol. The first-order valence-electron chi connectivity index (χ1n) is 10.9. The molecule has 0 unspecified atom stereocenters. The zero-order valence-electron chi connectivity index (χ0n) is 18.7. The van der Waals surface area contributed by atoms with Crippen molar-refractivity contribution in [3.05, 3.63) is 47.5 Å². The van der Waals surface area contributed by atoms with Gasteiger partial charge in [-0.25, -0.2) is 9.67 Å². The Bertz CT molecular complexity index is 1330. The molecule has 1 amide bonds. The molecule has 10 heteroatoms. The summed E-state index contributed by atoms with van der Waals surface area (Å²) in [5.74, 6) is 0.620. The van der Waals surface area contributed by atoms with Crippen molar-refractivity contribution in [3.63, 3.8) is 0 Å². The highest BCUT2D eigenvalue weighted by Gasteiger charge is 2.40. The van der Waals surface area contributed by atoms with Crippen LogP contribution in [-0.4, -0.2) is 48.5 Å². The van der Waals surface area contributed by atoms with Gasteiger partial charge < -0.3 is 10.6 Å². The molecule has 0 bridgehead atoms. The fraction of sp³-hybridized carbons (Fsp3) is 0.348. The van der Waals surface area contributed by atoms with Crippen molar-refractivity contribution >= 4 is 38.8 Å². The lowest BCUT2D eigenvalue weighted by atomic mass is 9.87. The van der Waals surface area contributed by atoms with Gasteiger partial charge in [0.1, 0.15) is 4.60 Å². The van der Waals surface area contributed by atoms with Crippen LogP contribution in [0.1, 0.15) is 26.2 Å². The Morgan fingerprint density at radius 1 is 1.21 bits per heavy atom. The Labute approximate surface area is 199 Å². The number of hydrogen-bond acceptors (Lipinski definition) is 6. The van der Waals surface area contributed by atoms with Crippen LogP contribution < -0.4 is 10.6 Å². The Kier molecular flexibility index (Phi) is 5.40. The van der Waals surface area contributed by atoms with E-state index >= 15 is 0 Å². The van der Waals surface area contributed by atoms with Crippen LogP contribution >= 0.6 is 15.9 Å². The van der Waals surface area contributed by atoms with Crippen LogP contribution in [0.2, 0.25) is 0 Å². The standard InChI is InChI=1S/C23H25BrN8O/c1-23(21(33)25-2)9-8-16(10-23)28-22-26-12-18-19(24)30-32(20(18)29-22)17-6-4-14(5-7-17)15-11-27-31(3)13-15/h4-7,11-13,16H,8-10H2,1-3H3,(H,25,33)(H,26,28,29)/t16-,23-/m1/s1. The van der Waals surface area contributed by atoms with Gasteiger partial charge in [0.05, 0.1) is 17.3 Å². The average molecular weight is 509 g/mol. The number of rotatable bonds is 5. The summed E-state index contributed by atoms with van der Waals surface area (Å²) in [4.78, 5) is 21.5. The molecule has 1 saturated carbocycles. The number of nitrogens with one attached hydrogen (secondary N) is 2. The van der Waals surface area contributed by atoms with Gasteiger partial charge in [-0.2, -0.15) is 15.2 Å². The summed E-state index contributed by atoms with van der Waals surface area (Å²) in [6.07, 6.45) is 8.07. The molecule has 3 heterocycles. The fourth-order valence-corrected chi connectivity index (χ4v) is 4.98. The van der Waals surface area contributed by atoms with E-state index in [2.05, 4.69) is 41.7 Å². The van der Waals surface area contributed by atoms with Crippen molar-refractivity contribution in [2.75, 3.05) is 12.4 Å². The van der Waals surface area contributed by atoms with Crippen molar-refractivity contribution in [1.29, 1.82) is 0 Å². The summed E-state index contributed by atoms with van der Waals surface area (Å²) >= 11 is 3.53. The number of carbonyl (C=O) groups is 1. The number of aromatic nitrogens is 6. The lowest BCUT2D eigenvalue weighted by Crippen LogP contribution is -2.35. The van der Waals surface area contributed by atoms with Crippen LogP contribution in [0, 0.1) is 5.41 Å². The summed E-state index contributed by atoms with van der Waals surface area (Å²) in [7, 11) is 3.59. The Hall–Kier alpha value is -3.27. The topological polar surface area (TPSA) is 103 Å². The van der Waals surface area contributed by atoms with Gasteiger partial charge in [0.2, 0.25) is 11.9 Å². The number of benzene rings is 1. The van der Waals surface area contributed by atoms with E-state index in [9.17, 15) is 4.79 Å². The summed E-state index contributed by atoms with van der Waals surface area (Å²) in [5.41, 5.74) is 3.39. The summed E-state index contributed by atoms with van der Waals surface area (Å²) in [6, 6.07) is 8.27. The van der Waals surface area contributed by atoms with Crippen LogP contribution in [0.25, 0.3) is 27.8 Å². The fourth-order valence-electron chi connectivity index (χ4n) is 4.54. The van der Waals surface area contributed by atoms with Gasteiger partial charge in [0.15, 0.2) is 5.65 Å². The number of amides is 1. The zero-order chi connectivity index (χ0) is 23.2. The number of carbonyl (C=O) groups excluding carboxylic acids is 1. The molecule has 33 heavy (non-hydrogen) atoms. The molecule has 0 spiro atoms. The Morgan fingerprint density at radius 3 is 2.70 bits per heavy atom. The van der Waals surface area contributed by atoms with Gasteiger partial charge in [-0.05, 0) is 52.9 Å². The van der Waals surface area contributed by atoms with Crippen molar-refractivity contribution in [2.45, 2.75) is 32.2 Å². The third-order valence-corrected chi connectivity index (χ3v) is 6.97. The van der Waals surface area contributed by atoms with Crippen LogP contribution in [-0.2, 0) is 11.8 Å². The molecule has 2 N–H and O–H groups in total. The van der Waals surface area contributed by atoms with E-state index in [0.717, 1.165) is 41.5 Å². The Balaban J connectivity index is 1.42. The molecule has 1 fully saturated rings. The molecule has 5 rings (SSSR count). The smallest absolute Gasteiger partial charge is 0.225 e. The second-order valence-corrected chi connectivity index (χ2v) is 9.56. The molecule has 0 radical (unpaired) electrons. The van der Waals surface area contributed by atoms with Crippen molar-refractivity contribution < 1.29 is 4.79 Å². The SMILES string of the molecule is CNC(=O)[C@]1(C)CC[C@@H](Nc2ncc3c(Br)nn(-c4ccc(-c5cnn(C)c5)cc4)c3n2)C1. The van der Waals surface area contributed by atoms with Gasteiger partial charge in [-0.1, -0.05) is 19.1 Å². The van der Waals surface area contributed by atoms with Crippen LogP contribution in [0.15, 0.2) is 47.5 Å².